The van der Waals surface area contributed by atoms with Crippen LogP contribution in [0.4, 0.5) is 0 Å². The average molecular weight is 169 g/mol. The molecule has 0 saturated carbocycles. The maximum Gasteiger partial charge on any atom is 0.235 e. The predicted octanol–water partition coefficient (Wildman–Crippen LogP) is -0.213. The lowest BCUT2D eigenvalue weighted by molar-refractivity contribution is -0.491. The van der Waals surface area contributed by atoms with Crippen molar-refractivity contribution in [2.75, 3.05) is 6.54 Å². The maximum absolute atomic E-state index is 9.98. The molecule has 0 amide bonds. The summed E-state index contributed by atoms with van der Waals surface area (Å²) < 4.78 is 0. The number of aromatic nitrogens is 2. The van der Waals surface area contributed by atoms with E-state index in [0.717, 1.165) is 0 Å². The van der Waals surface area contributed by atoms with Crippen LogP contribution in [0.2, 0.25) is 0 Å². The van der Waals surface area contributed by atoms with Gasteiger partial charge in [-0.3, -0.25) is 20.1 Å². The Labute approximate surface area is 68.0 Å². The topological polar surface area (TPSA) is 89.2 Å². The van der Waals surface area contributed by atoms with E-state index in [9.17, 15) is 10.1 Å². The fourth-order valence-corrected chi connectivity index (χ4v) is 0.717. The minimum atomic E-state index is -1.17. The number of hydrogen-bond acceptors (Lipinski definition) is 5. The molecule has 64 valence electrons. The van der Waals surface area contributed by atoms with Gasteiger partial charge >= 0.3 is 0 Å². The minimum absolute atomic E-state index is 0.217. The second kappa shape index (κ2) is 3.72. The molecule has 1 aromatic rings. The lowest BCUT2D eigenvalue weighted by Crippen LogP contribution is -2.13. The van der Waals surface area contributed by atoms with Gasteiger partial charge in [0.15, 0.2) is 6.10 Å². The highest BCUT2D eigenvalue weighted by Gasteiger charge is 2.14. The Kier molecular flexibility index (Phi) is 2.65. The molecule has 0 fully saturated rings. The molecule has 0 radical (unpaired) electrons. The normalized spacial score (nSPS) is 12.4. The molecule has 1 aromatic heterocycles. The van der Waals surface area contributed by atoms with Crippen molar-refractivity contribution in [1.82, 2.24) is 9.97 Å². The van der Waals surface area contributed by atoms with E-state index < -0.39 is 17.6 Å². The van der Waals surface area contributed by atoms with Crippen molar-refractivity contribution < 1.29 is 10.0 Å². The Morgan fingerprint density at radius 3 is 2.92 bits per heavy atom. The van der Waals surface area contributed by atoms with Crippen LogP contribution in [0.3, 0.4) is 0 Å². The molecule has 0 spiro atoms. The first-order chi connectivity index (χ1) is 5.70. The lowest BCUT2D eigenvalue weighted by atomic mass is 10.3. The summed E-state index contributed by atoms with van der Waals surface area (Å²) in [6.07, 6.45) is 2.93. The zero-order valence-electron chi connectivity index (χ0n) is 6.12. The zero-order chi connectivity index (χ0) is 8.97. The molecule has 1 unspecified atom stereocenters. The van der Waals surface area contributed by atoms with Crippen LogP contribution >= 0.6 is 0 Å². The summed E-state index contributed by atoms with van der Waals surface area (Å²) in [5.41, 5.74) is 0.217. The summed E-state index contributed by atoms with van der Waals surface area (Å²) in [5.74, 6) is 0. The van der Waals surface area contributed by atoms with Crippen molar-refractivity contribution in [1.29, 1.82) is 0 Å². The van der Waals surface area contributed by atoms with Crippen LogP contribution in [0.1, 0.15) is 11.8 Å². The van der Waals surface area contributed by atoms with Crippen LogP contribution in [0.5, 0.6) is 0 Å². The molecule has 0 aromatic carbocycles. The van der Waals surface area contributed by atoms with Gasteiger partial charge in [-0.05, 0) is 0 Å². The van der Waals surface area contributed by atoms with Crippen LogP contribution in [-0.4, -0.2) is 26.5 Å². The number of hydrogen-bond donors (Lipinski definition) is 1. The number of aliphatic hydroxyl groups is 1. The SMILES string of the molecule is O=[N+]([O-])CC(O)c1cnccn1. The summed E-state index contributed by atoms with van der Waals surface area (Å²) in [7, 11) is 0. The fourth-order valence-electron chi connectivity index (χ4n) is 0.717. The molecule has 0 aliphatic heterocycles. The molecule has 1 atom stereocenters. The van der Waals surface area contributed by atoms with E-state index in [0.29, 0.717) is 0 Å². The van der Waals surface area contributed by atoms with Crippen LogP contribution in [0.25, 0.3) is 0 Å². The van der Waals surface area contributed by atoms with Gasteiger partial charge in [0, 0.05) is 17.3 Å². The smallest absolute Gasteiger partial charge is 0.235 e. The van der Waals surface area contributed by atoms with Crippen LogP contribution in [0.15, 0.2) is 18.6 Å². The van der Waals surface area contributed by atoms with E-state index in [1.54, 1.807) is 0 Å². The molecule has 0 bridgehead atoms. The minimum Gasteiger partial charge on any atom is -0.380 e. The molecular formula is C6H7N3O3. The highest BCUT2D eigenvalue weighted by atomic mass is 16.6. The quantitative estimate of drug-likeness (QED) is 0.499. The van der Waals surface area contributed by atoms with Gasteiger partial charge in [0.25, 0.3) is 0 Å². The second-order valence-electron chi connectivity index (χ2n) is 2.16. The van der Waals surface area contributed by atoms with Crippen LogP contribution in [-0.2, 0) is 0 Å². The van der Waals surface area contributed by atoms with Crippen molar-refractivity contribution in [3.63, 3.8) is 0 Å². The van der Waals surface area contributed by atoms with E-state index >= 15 is 0 Å². The molecule has 6 heteroatoms. The highest BCUT2D eigenvalue weighted by Crippen LogP contribution is 2.06. The van der Waals surface area contributed by atoms with E-state index in [2.05, 4.69) is 9.97 Å². The standard InChI is InChI=1S/C6H7N3O3/c10-6(4-9(11)12)5-3-7-1-2-8-5/h1-3,6,10H,4H2. The first kappa shape index (κ1) is 8.54. The Bertz CT molecular complexity index is 264. The number of nitro groups is 1. The van der Waals surface area contributed by atoms with Gasteiger partial charge in [-0.1, -0.05) is 0 Å². The number of aliphatic hydroxyl groups excluding tert-OH is 1. The summed E-state index contributed by atoms with van der Waals surface area (Å²) in [6, 6.07) is 0. The van der Waals surface area contributed by atoms with E-state index in [1.165, 1.54) is 18.6 Å². The summed E-state index contributed by atoms with van der Waals surface area (Å²) in [4.78, 5) is 16.8. The highest BCUT2D eigenvalue weighted by molar-refractivity contribution is 4.98. The van der Waals surface area contributed by atoms with Gasteiger partial charge in [0.2, 0.25) is 6.54 Å². The first-order valence-corrected chi connectivity index (χ1v) is 3.26. The van der Waals surface area contributed by atoms with Gasteiger partial charge in [-0.25, -0.2) is 0 Å². The van der Waals surface area contributed by atoms with Gasteiger partial charge in [-0.2, -0.15) is 0 Å². The largest absolute Gasteiger partial charge is 0.380 e. The molecule has 1 rings (SSSR count). The van der Waals surface area contributed by atoms with E-state index in [-0.39, 0.29) is 5.69 Å². The Balaban J connectivity index is 2.65. The van der Waals surface area contributed by atoms with Crippen molar-refractivity contribution in [3.8, 4) is 0 Å². The lowest BCUT2D eigenvalue weighted by Gasteiger charge is -2.02. The Morgan fingerprint density at radius 1 is 1.67 bits per heavy atom. The Morgan fingerprint density at radius 2 is 2.42 bits per heavy atom. The van der Waals surface area contributed by atoms with Crippen LogP contribution in [0, 0.1) is 10.1 Å². The predicted molar refractivity (Wildman–Crippen MR) is 38.9 cm³/mol. The number of nitrogens with zero attached hydrogens (tertiary/aromatic N) is 3. The van der Waals surface area contributed by atoms with Crippen LogP contribution < -0.4 is 0 Å². The van der Waals surface area contributed by atoms with Crippen molar-refractivity contribution >= 4 is 0 Å². The molecule has 12 heavy (non-hydrogen) atoms. The summed E-state index contributed by atoms with van der Waals surface area (Å²) in [5, 5.41) is 19.1. The molecule has 0 aliphatic carbocycles. The zero-order valence-corrected chi connectivity index (χ0v) is 6.12. The number of rotatable bonds is 3. The van der Waals surface area contributed by atoms with Crippen molar-refractivity contribution in [2.45, 2.75) is 6.10 Å². The third-order valence-corrected chi connectivity index (χ3v) is 1.25. The fraction of sp³-hybridized carbons (Fsp3) is 0.333. The second-order valence-corrected chi connectivity index (χ2v) is 2.16. The first-order valence-electron chi connectivity index (χ1n) is 3.26. The molecule has 1 N–H and O–H groups in total. The molecule has 0 aliphatic rings. The third kappa shape index (κ3) is 2.24. The van der Waals surface area contributed by atoms with Crippen molar-refractivity contribution in [2.24, 2.45) is 0 Å². The van der Waals surface area contributed by atoms with Crippen molar-refractivity contribution in [3.05, 3.63) is 34.4 Å². The van der Waals surface area contributed by atoms with Gasteiger partial charge in [0.05, 0.1) is 11.9 Å². The molecule has 6 nitrogen and oxygen atoms in total. The summed E-state index contributed by atoms with van der Waals surface area (Å²) >= 11 is 0. The van der Waals surface area contributed by atoms with E-state index in [1.807, 2.05) is 0 Å². The monoisotopic (exact) mass is 169 g/mol. The van der Waals surface area contributed by atoms with E-state index in [4.69, 9.17) is 5.11 Å². The molecular weight excluding hydrogens is 162 g/mol. The summed E-state index contributed by atoms with van der Waals surface area (Å²) in [6.45, 7) is -0.543. The molecule has 1 heterocycles. The molecule has 0 saturated heterocycles. The third-order valence-electron chi connectivity index (χ3n) is 1.25. The average Bonchev–Trinajstić information content (AvgIpc) is 2.05. The van der Waals surface area contributed by atoms with Gasteiger partial charge < -0.3 is 5.11 Å². The maximum atomic E-state index is 9.98. The van der Waals surface area contributed by atoms with Gasteiger partial charge in [-0.15, -0.1) is 0 Å². The Hall–Kier alpha value is -1.56. The van der Waals surface area contributed by atoms with Gasteiger partial charge in [0.1, 0.15) is 0 Å².